The zero-order valence-electron chi connectivity index (χ0n) is 13.3. The average Bonchev–Trinajstić information content (AvgIpc) is 2.57. The lowest BCUT2D eigenvalue weighted by Gasteiger charge is -2.28. The van der Waals surface area contributed by atoms with Gasteiger partial charge in [0, 0.05) is 29.7 Å². The van der Waals surface area contributed by atoms with Gasteiger partial charge in [-0.15, -0.1) is 0 Å². The molecule has 4 rings (SSSR count). The first-order valence-electron chi connectivity index (χ1n) is 8.15. The number of halogens is 2. The Labute approximate surface area is 141 Å². The highest BCUT2D eigenvalue weighted by molar-refractivity contribution is 6.04. The molecule has 0 amide bonds. The van der Waals surface area contributed by atoms with Crippen LogP contribution in [0.15, 0.2) is 45.6 Å². The minimum Gasteiger partial charge on any atom is -0.508 e. The fourth-order valence-corrected chi connectivity index (χ4v) is 3.30. The molecule has 0 atom stereocenters. The molecule has 2 aromatic carbocycles. The summed E-state index contributed by atoms with van der Waals surface area (Å²) in [7, 11) is 0. The molecule has 3 aromatic rings. The number of benzene rings is 2. The standard InChI is InChI=1S/C19H16F2O4/c20-19(21)7-5-12(6-8-19)24-13-2-4-14-15-3-1-11(22)9-17(15)25-18(23)16(14)10-13/h1-4,9-10,12,22H,5-8H2. The molecule has 0 spiro atoms. The Kier molecular flexibility index (Phi) is 3.63. The van der Waals surface area contributed by atoms with Crippen molar-refractivity contribution in [1.82, 2.24) is 0 Å². The molecule has 0 bridgehead atoms. The van der Waals surface area contributed by atoms with Gasteiger partial charge in [0.1, 0.15) is 17.1 Å². The molecule has 0 radical (unpaired) electrons. The van der Waals surface area contributed by atoms with Gasteiger partial charge in [-0.3, -0.25) is 0 Å². The van der Waals surface area contributed by atoms with E-state index in [2.05, 4.69) is 0 Å². The van der Waals surface area contributed by atoms with Gasteiger partial charge < -0.3 is 14.3 Å². The molecule has 0 saturated heterocycles. The van der Waals surface area contributed by atoms with Crippen molar-refractivity contribution in [3.8, 4) is 11.5 Å². The van der Waals surface area contributed by atoms with E-state index in [1.165, 1.54) is 12.1 Å². The van der Waals surface area contributed by atoms with E-state index in [9.17, 15) is 18.7 Å². The van der Waals surface area contributed by atoms with Gasteiger partial charge in [-0.05, 0) is 43.2 Å². The smallest absolute Gasteiger partial charge is 0.344 e. The Hall–Kier alpha value is -2.63. The number of hydrogen-bond acceptors (Lipinski definition) is 4. The molecule has 130 valence electrons. The van der Waals surface area contributed by atoms with E-state index in [0.29, 0.717) is 27.5 Å². The summed E-state index contributed by atoms with van der Waals surface area (Å²) in [4.78, 5) is 12.2. The lowest BCUT2D eigenvalue weighted by atomic mass is 9.94. The van der Waals surface area contributed by atoms with E-state index in [4.69, 9.17) is 9.15 Å². The number of phenols is 1. The molecule has 1 aliphatic rings. The van der Waals surface area contributed by atoms with E-state index >= 15 is 0 Å². The highest BCUT2D eigenvalue weighted by Gasteiger charge is 2.35. The van der Waals surface area contributed by atoms with Gasteiger partial charge in [0.15, 0.2) is 0 Å². The van der Waals surface area contributed by atoms with E-state index in [1.54, 1.807) is 24.3 Å². The van der Waals surface area contributed by atoms with Gasteiger partial charge in [-0.1, -0.05) is 0 Å². The quantitative estimate of drug-likeness (QED) is 0.544. The van der Waals surface area contributed by atoms with Gasteiger partial charge in [0.2, 0.25) is 5.92 Å². The number of alkyl halides is 2. The maximum Gasteiger partial charge on any atom is 0.344 e. The van der Waals surface area contributed by atoms with Crippen LogP contribution in [0.5, 0.6) is 11.5 Å². The van der Waals surface area contributed by atoms with Gasteiger partial charge >= 0.3 is 5.63 Å². The summed E-state index contributed by atoms with van der Waals surface area (Å²) in [5.41, 5.74) is -0.227. The Morgan fingerprint density at radius 2 is 1.76 bits per heavy atom. The third-order valence-electron chi connectivity index (χ3n) is 4.64. The number of hydrogen-bond donors (Lipinski definition) is 1. The molecule has 1 heterocycles. The second kappa shape index (κ2) is 5.72. The SMILES string of the molecule is O=c1oc2cc(O)ccc2c2ccc(OC3CCC(F)(F)CC3)cc12. The van der Waals surface area contributed by atoms with Crippen molar-refractivity contribution >= 4 is 21.7 Å². The maximum absolute atomic E-state index is 13.2. The minimum absolute atomic E-state index is 0.0176. The van der Waals surface area contributed by atoms with Crippen LogP contribution in [0, 0.1) is 0 Å². The second-order valence-electron chi connectivity index (χ2n) is 6.45. The number of aromatic hydroxyl groups is 1. The summed E-state index contributed by atoms with van der Waals surface area (Å²) in [5, 5.41) is 11.3. The minimum atomic E-state index is -2.60. The van der Waals surface area contributed by atoms with Crippen molar-refractivity contribution in [1.29, 1.82) is 0 Å². The van der Waals surface area contributed by atoms with Crippen molar-refractivity contribution in [2.75, 3.05) is 0 Å². The summed E-state index contributed by atoms with van der Waals surface area (Å²) in [6, 6.07) is 9.65. The zero-order chi connectivity index (χ0) is 17.6. The largest absolute Gasteiger partial charge is 0.508 e. The third kappa shape index (κ3) is 3.04. The van der Waals surface area contributed by atoms with Crippen molar-refractivity contribution < 1.29 is 23.0 Å². The molecule has 1 N–H and O–H groups in total. The first-order valence-corrected chi connectivity index (χ1v) is 8.15. The highest BCUT2D eigenvalue weighted by atomic mass is 19.3. The Balaban J connectivity index is 1.69. The monoisotopic (exact) mass is 346 g/mol. The van der Waals surface area contributed by atoms with Crippen LogP contribution < -0.4 is 10.4 Å². The molecule has 6 heteroatoms. The molecule has 1 aliphatic carbocycles. The van der Waals surface area contributed by atoms with Crippen LogP contribution in [0.4, 0.5) is 8.78 Å². The second-order valence-corrected chi connectivity index (χ2v) is 6.45. The Morgan fingerprint density at radius 3 is 2.52 bits per heavy atom. The first kappa shape index (κ1) is 15.9. The van der Waals surface area contributed by atoms with Crippen molar-refractivity contribution in [2.24, 2.45) is 0 Å². The van der Waals surface area contributed by atoms with E-state index in [0.717, 1.165) is 0 Å². The fraction of sp³-hybridized carbons (Fsp3) is 0.316. The summed E-state index contributed by atoms with van der Waals surface area (Å²) >= 11 is 0. The van der Waals surface area contributed by atoms with Crippen molar-refractivity contribution in [3.05, 3.63) is 46.8 Å². The normalized spacial score (nSPS) is 17.8. The molecular weight excluding hydrogens is 330 g/mol. The molecule has 4 nitrogen and oxygen atoms in total. The van der Waals surface area contributed by atoms with Crippen LogP contribution >= 0.6 is 0 Å². The van der Waals surface area contributed by atoms with E-state index < -0.39 is 11.5 Å². The van der Waals surface area contributed by atoms with Gasteiger partial charge in [-0.2, -0.15) is 0 Å². The van der Waals surface area contributed by atoms with Gasteiger partial charge in [-0.25, -0.2) is 13.6 Å². The lowest BCUT2D eigenvalue weighted by molar-refractivity contribution is -0.0582. The Morgan fingerprint density at radius 1 is 1.04 bits per heavy atom. The van der Waals surface area contributed by atoms with Crippen molar-refractivity contribution in [2.45, 2.75) is 37.7 Å². The van der Waals surface area contributed by atoms with Crippen LogP contribution in [0.25, 0.3) is 21.7 Å². The number of phenolic OH excluding ortho intramolecular Hbond substituents is 1. The van der Waals surface area contributed by atoms with Crippen LogP contribution in [-0.4, -0.2) is 17.1 Å². The molecule has 0 unspecified atom stereocenters. The summed E-state index contributed by atoms with van der Waals surface area (Å²) in [6.07, 6.45) is -0.0578. The predicted octanol–water partition coefficient (Wildman–Crippen LogP) is 4.61. The molecule has 1 fully saturated rings. The number of rotatable bonds is 2. The highest BCUT2D eigenvalue weighted by Crippen LogP contribution is 2.35. The lowest BCUT2D eigenvalue weighted by Crippen LogP contribution is -2.30. The summed E-state index contributed by atoms with van der Waals surface area (Å²) < 4.78 is 37.5. The molecular formula is C19H16F2O4. The molecule has 0 aliphatic heterocycles. The van der Waals surface area contributed by atoms with Crippen LogP contribution in [0.2, 0.25) is 0 Å². The first-order chi connectivity index (χ1) is 11.9. The van der Waals surface area contributed by atoms with E-state index in [-0.39, 0.29) is 37.5 Å². The molecule has 1 aromatic heterocycles. The van der Waals surface area contributed by atoms with Gasteiger partial charge in [0.25, 0.3) is 0 Å². The number of fused-ring (bicyclic) bond motifs is 3. The van der Waals surface area contributed by atoms with Crippen LogP contribution in [0.3, 0.4) is 0 Å². The topological polar surface area (TPSA) is 59.7 Å². The Bertz CT molecular complexity index is 999. The van der Waals surface area contributed by atoms with Gasteiger partial charge in [0.05, 0.1) is 11.5 Å². The predicted molar refractivity (Wildman–Crippen MR) is 89.5 cm³/mol. The van der Waals surface area contributed by atoms with Crippen LogP contribution in [0.1, 0.15) is 25.7 Å². The van der Waals surface area contributed by atoms with Crippen molar-refractivity contribution in [3.63, 3.8) is 0 Å². The fourth-order valence-electron chi connectivity index (χ4n) is 3.30. The zero-order valence-corrected chi connectivity index (χ0v) is 13.3. The van der Waals surface area contributed by atoms with Crippen LogP contribution in [-0.2, 0) is 0 Å². The third-order valence-corrected chi connectivity index (χ3v) is 4.64. The molecule has 25 heavy (non-hydrogen) atoms. The molecule has 1 saturated carbocycles. The van der Waals surface area contributed by atoms with E-state index in [1.807, 2.05) is 0 Å². The summed E-state index contributed by atoms with van der Waals surface area (Å²) in [6.45, 7) is 0. The average molecular weight is 346 g/mol. The maximum atomic E-state index is 13.2. The number of ether oxygens (including phenoxy) is 1. The summed E-state index contributed by atoms with van der Waals surface area (Å²) in [5.74, 6) is -2.12.